The number of hydrogen-bond donors (Lipinski definition) is 2. The van der Waals surface area contributed by atoms with Crippen LogP contribution in [0.25, 0.3) is 0 Å². The number of rotatable bonds is 3. The molecule has 19 heavy (non-hydrogen) atoms. The largest absolute Gasteiger partial charge is 0.395 e. The highest BCUT2D eigenvalue weighted by Crippen LogP contribution is 2.27. The van der Waals surface area contributed by atoms with E-state index in [-0.39, 0.29) is 12.5 Å². The fourth-order valence-corrected chi connectivity index (χ4v) is 3.14. The van der Waals surface area contributed by atoms with Gasteiger partial charge in [-0.15, -0.1) is 11.3 Å². The van der Waals surface area contributed by atoms with Crippen LogP contribution in [0.5, 0.6) is 0 Å². The summed E-state index contributed by atoms with van der Waals surface area (Å²) in [6.45, 7) is 4.24. The molecular weight excluding hydrogens is 258 g/mol. The second-order valence-electron chi connectivity index (χ2n) is 5.15. The summed E-state index contributed by atoms with van der Waals surface area (Å²) in [4.78, 5) is 13.7. The number of carbonyl (C=O) groups excluding carboxylic acids is 1. The minimum atomic E-state index is 0.0141. The van der Waals surface area contributed by atoms with Crippen LogP contribution in [0.3, 0.4) is 0 Å². The van der Waals surface area contributed by atoms with Crippen LogP contribution in [0.2, 0.25) is 0 Å². The number of aliphatic hydroxyl groups is 1. The van der Waals surface area contributed by atoms with Gasteiger partial charge in [-0.3, -0.25) is 4.79 Å². The van der Waals surface area contributed by atoms with E-state index >= 15 is 0 Å². The molecule has 4 heteroatoms. The Hall–Kier alpha value is -1.31. The molecular formula is C15H19NO2S. The summed E-state index contributed by atoms with van der Waals surface area (Å²) in [6.07, 6.45) is 2.64. The minimum Gasteiger partial charge on any atom is -0.395 e. The van der Waals surface area contributed by atoms with Gasteiger partial charge in [-0.1, -0.05) is 18.8 Å². The van der Waals surface area contributed by atoms with Crippen LogP contribution in [-0.4, -0.2) is 23.7 Å². The zero-order valence-corrected chi connectivity index (χ0v) is 12.1. The molecule has 0 aromatic carbocycles. The summed E-state index contributed by atoms with van der Waals surface area (Å²) in [5.74, 6) is 6.64. The summed E-state index contributed by atoms with van der Waals surface area (Å²) in [5.41, 5.74) is 1.03. The molecule has 0 radical (unpaired) electrons. The van der Waals surface area contributed by atoms with Gasteiger partial charge in [-0.05, 0) is 37.3 Å². The molecule has 0 unspecified atom stereocenters. The molecule has 102 valence electrons. The van der Waals surface area contributed by atoms with Gasteiger partial charge in [0, 0.05) is 12.5 Å². The lowest BCUT2D eigenvalue weighted by Crippen LogP contribution is -2.43. The predicted octanol–water partition coefficient (Wildman–Crippen LogP) is 2.32. The molecule has 2 N–H and O–H groups in total. The van der Waals surface area contributed by atoms with Gasteiger partial charge < -0.3 is 10.4 Å². The zero-order valence-electron chi connectivity index (χ0n) is 11.3. The third-order valence-electron chi connectivity index (χ3n) is 3.29. The van der Waals surface area contributed by atoms with Crippen molar-refractivity contribution in [2.24, 2.45) is 5.92 Å². The number of thiophene rings is 1. The summed E-state index contributed by atoms with van der Waals surface area (Å²) >= 11 is 1.43. The van der Waals surface area contributed by atoms with Crippen LogP contribution in [0, 0.1) is 24.7 Å². The highest BCUT2D eigenvalue weighted by atomic mass is 32.1. The molecule has 2 rings (SSSR count). The van der Waals surface area contributed by atoms with Crippen LogP contribution >= 0.6 is 11.3 Å². The van der Waals surface area contributed by atoms with E-state index in [1.54, 1.807) is 0 Å². The number of aryl methyl sites for hydroxylation is 1. The fourth-order valence-electron chi connectivity index (χ4n) is 2.19. The van der Waals surface area contributed by atoms with E-state index in [1.165, 1.54) is 11.3 Å². The van der Waals surface area contributed by atoms with E-state index in [0.717, 1.165) is 34.1 Å². The van der Waals surface area contributed by atoms with Gasteiger partial charge in [-0.2, -0.15) is 0 Å². The highest BCUT2D eigenvalue weighted by Gasteiger charge is 2.27. The predicted molar refractivity (Wildman–Crippen MR) is 77.3 cm³/mol. The minimum absolute atomic E-state index is 0.0141. The highest BCUT2D eigenvalue weighted by molar-refractivity contribution is 7.14. The number of nitrogens with one attached hydrogen (secondary N) is 1. The first kappa shape index (κ1) is 14.1. The maximum atomic E-state index is 12.1. The SMILES string of the molecule is Cc1cc(C(=O)NC2CC(C)C2)sc1C#CCCO. The van der Waals surface area contributed by atoms with Crippen molar-refractivity contribution in [2.45, 2.75) is 39.2 Å². The van der Waals surface area contributed by atoms with Crippen molar-refractivity contribution in [3.8, 4) is 11.8 Å². The van der Waals surface area contributed by atoms with Crippen molar-refractivity contribution in [1.29, 1.82) is 0 Å². The van der Waals surface area contributed by atoms with E-state index in [0.29, 0.717) is 12.5 Å². The maximum Gasteiger partial charge on any atom is 0.261 e. The molecule has 1 amide bonds. The Balaban J connectivity index is 1.99. The summed E-state index contributed by atoms with van der Waals surface area (Å²) in [7, 11) is 0. The lowest BCUT2D eigenvalue weighted by atomic mass is 9.82. The summed E-state index contributed by atoms with van der Waals surface area (Å²) in [5, 5.41) is 11.8. The number of aliphatic hydroxyl groups excluding tert-OH is 1. The number of amides is 1. The first-order valence-electron chi connectivity index (χ1n) is 6.61. The second kappa shape index (κ2) is 6.23. The van der Waals surface area contributed by atoms with E-state index in [2.05, 4.69) is 24.1 Å². The molecule has 0 atom stereocenters. The lowest BCUT2D eigenvalue weighted by Gasteiger charge is -2.33. The Labute approximate surface area is 118 Å². The van der Waals surface area contributed by atoms with Gasteiger partial charge in [-0.25, -0.2) is 0 Å². The van der Waals surface area contributed by atoms with Crippen LogP contribution < -0.4 is 5.32 Å². The van der Waals surface area contributed by atoms with E-state index < -0.39 is 0 Å². The lowest BCUT2D eigenvalue weighted by molar-refractivity contribution is 0.0900. The van der Waals surface area contributed by atoms with Gasteiger partial charge in [0.25, 0.3) is 5.91 Å². The fraction of sp³-hybridized carbons (Fsp3) is 0.533. The normalized spacial score (nSPS) is 21.2. The number of carbonyl (C=O) groups is 1. The Morgan fingerprint density at radius 3 is 2.95 bits per heavy atom. The first-order chi connectivity index (χ1) is 9.10. The van der Waals surface area contributed by atoms with E-state index in [9.17, 15) is 4.79 Å². The van der Waals surface area contributed by atoms with Gasteiger partial charge >= 0.3 is 0 Å². The standard InChI is InChI=1S/C15H19NO2S/c1-10-7-12(8-10)16-15(18)14-9-11(2)13(19-14)5-3-4-6-17/h9-10,12,17H,4,6-8H2,1-2H3,(H,16,18). The van der Waals surface area contributed by atoms with Gasteiger partial charge in [0.05, 0.1) is 16.4 Å². The average Bonchev–Trinajstić information content (AvgIpc) is 2.69. The molecule has 0 aliphatic heterocycles. The Kier molecular flexibility index (Phi) is 4.62. The van der Waals surface area contributed by atoms with Crippen molar-refractivity contribution >= 4 is 17.2 Å². The molecule has 0 spiro atoms. The number of hydrogen-bond acceptors (Lipinski definition) is 3. The van der Waals surface area contributed by atoms with Gasteiger partial charge in [0.2, 0.25) is 0 Å². The molecule has 1 heterocycles. The Morgan fingerprint density at radius 2 is 2.32 bits per heavy atom. The van der Waals surface area contributed by atoms with Gasteiger partial charge in [0.1, 0.15) is 0 Å². The van der Waals surface area contributed by atoms with Crippen molar-refractivity contribution in [1.82, 2.24) is 5.32 Å². The average molecular weight is 277 g/mol. The molecule has 1 fully saturated rings. The summed E-state index contributed by atoms with van der Waals surface area (Å²) < 4.78 is 0. The molecule has 1 aliphatic rings. The third-order valence-corrected chi connectivity index (χ3v) is 4.44. The smallest absolute Gasteiger partial charge is 0.261 e. The van der Waals surface area contributed by atoms with Crippen LogP contribution in [0.15, 0.2) is 6.07 Å². The van der Waals surface area contributed by atoms with Crippen LogP contribution in [0.4, 0.5) is 0 Å². The Morgan fingerprint density at radius 1 is 1.58 bits per heavy atom. The van der Waals surface area contributed by atoms with Crippen molar-refractivity contribution in [3.63, 3.8) is 0 Å². The first-order valence-corrected chi connectivity index (χ1v) is 7.43. The molecule has 1 aliphatic carbocycles. The topological polar surface area (TPSA) is 49.3 Å². The van der Waals surface area contributed by atoms with E-state index in [1.807, 2.05) is 13.0 Å². The molecule has 1 saturated carbocycles. The monoisotopic (exact) mass is 277 g/mol. The quantitative estimate of drug-likeness (QED) is 0.833. The molecule has 0 saturated heterocycles. The third kappa shape index (κ3) is 3.59. The molecule has 0 bridgehead atoms. The maximum absolute atomic E-state index is 12.1. The molecule has 1 aromatic heterocycles. The zero-order chi connectivity index (χ0) is 13.8. The van der Waals surface area contributed by atoms with E-state index in [4.69, 9.17) is 5.11 Å². The second-order valence-corrected chi connectivity index (χ2v) is 6.20. The summed E-state index contributed by atoms with van der Waals surface area (Å²) in [6, 6.07) is 2.24. The molecule has 1 aromatic rings. The van der Waals surface area contributed by atoms with Crippen LogP contribution in [-0.2, 0) is 0 Å². The Bertz CT molecular complexity index is 518. The van der Waals surface area contributed by atoms with Crippen molar-refractivity contribution < 1.29 is 9.90 Å². The van der Waals surface area contributed by atoms with Crippen molar-refractivity contribution in [2.75, 3.05) is 6.61 Å². The van der Waals surface area contributed by atoms with Crippen molar-refractivity contribution in [3.05, 3.63) is 21.4 Å². The van der Waals surface area contributed by atoms with Gasteiger partial charge in [0.15, 0.2) is 0 Å². The van der Waals surface area contributed by atoms with Crippen LogP contribution in [0.1, 0.15) is 46.3 Å². The molecule has 3 nitrogen and oxygen atoms in total.